The van der Waals surface area contributed by atoms with Crippen molar-refractivity contribution in [2.75, 3.05) is 17.7 Å². The minimum Gasteiger partial charge on any atom is -0.443 e. The van der Waals surface area contributed by atoms with Crippen LogP contribution in [-0.4, -0.2) is 41.2 Å². The van der Waals surface area contributed by atoms with Crippen molar-refractivity contribution in [2.24, 2.45) is 0 Å². The van der Waals surface area contributed by atoms with Gasteiger partial charge in [-0.15, -0.1) is 0 Å². The Balaban J connectivity index is 1.50. The van der Waals surface area contributed by atoms with Crippen LogP contribution in [0.5, 0.6) is 0 Å². The highest BCUT2D eigenvalue weighted by molar-refractivity contribution is 6.00. The second-order valence-corrected chi connectivity index (χ2v) is 8.26. The van der Waals surface area contributed by atoms with E-state index in [1.165, 1.54) is 6.39 Å². The van der Waals surface area contributed by atoms with Crippen LogP contribution >= 0.6 is 0 Å². The molecule has 1 aliphatic carbocycles. The van der Waals surface area contributed by atoms with Gasteiger partial charge in [0.15, 0.2) is 12.0 Å². The molecule has 2 aromatic heterocycles. The Morgan fingerprint density at radius 3 is 2.71 bits per heavy atom. The molecule has 3 aromatic rings. The zero-order chi connectivity index (χ0) is 21.8. The fraction of sp³-hybridized carbons (Fsp3) is 0.435. The number of aromatic nitrogens is 2. The summed E-state index contributed by atoms with van der Waals surface area (Å²) in [4.78, 5) is 21.6. The van der Waals surface area contributed by atoms with E-state index in [1.807, 2.05) is 38.1 Å². The molecule has 1 fully saturated rings. The molecule has 0 spiro atoms. The molecule has 0 radical (unpaired) electrons. The third-order valence-corrected chi connectivity index (χ3v) is 5.54. The SMILES string of the molecule is COC1CCC(NC(=O)c2cnc(Nc3ccc4ncoc4c3)cc2NC(C)C)CC1. The fourth-order valence-electron chi connectivity index (χ4n) is 3.92. The van der Waals surface area contributed by atoms with Crippen LogP contribution in [0.1, 0.15) is 49.9 Å². The molecule has 1 aliphatic rings. The van der Waals surface area contributed by atoms with Crippen LogP contribution in [0, 0.1) is 0 Å². The minimum absolute atomic E-state index is 0.105. The number of fused-ring (bicyclic) bond motifs is 1. The average molecular weight is 424 g/mol. The van der Waals surface area contributed by atoms with Crippen molar-refractivity contribution in [1.29, 1.82) is 0 Å². The molecular weight excluding hydrogens is 394 g/mol. The van der Waals surface area contributed by atoms with E-state index in [4.69, 9.17) is 9.15 Å². The number of carbonyl (C=O) groups excluding carboxylic acids is 1. The number of methoxy groups -OCH3 is 1. The summed E-state index contributed by atoms with van der Waals surface area (Å²) in [5, 5.41) is 9.81. The van der Waals surface area contributed by atoms with Crippen molar-refractivity contribution in [3.05, 3.63) is 42.4 Å². The smallest absolute Gasteiger partial charge is 0.255 e. The van der Waals surface area contributed by atoms with Gasteiger partial charge < -0.3 is 25.1 Å². The Kier molecular flexibility index (Phi) is 6.36. The lowest BCUT2D eigenvalue weighted by molar-refractivity contribution is 0.0599. The van der Waals surface area contributed by atoms with Crippen molar-refractivity contribution in [3.8, 4) is 0 Å². The molecule has 8 heteroatoms. The first kappa shape index (κ1) is 21.1. The molecule has 0 unspecified atom stereocenters. The lowest BCUT2D eigenvalue weighted by atomic mass is 9.93. The minimum atomic E-state index is -0.105. The summed E-state index contributed by atoms with van der Waals surface area (Å²) in [5.74, 6) is 0.533. The Morgan fingerprint density at radius 1 is 1.16 bits per heavy atom. The Bertz CT molecular complexity index is 1040. The molecule has 1 aromatic carbocycles. The highest BCUT2D eigenvalue weighted by Crippen LogP contribution is 2.26. The molecule has 0 atom stereocenters. The van der Waals surface area contributed by atoms with Gasteiger partial charge in [0.25, 0.3) is 5.91 Å². The number of nitrogens with zero attached hydrogens (tertiary/aromatic N) is 2. The highest BCUT2D eigenvalue weighted by Gasteiger charge is 2.24. The largest absolute Gasteiger partial charge is 0.443 e. The number of oxazole rings is 1. The number of nitrogens with one attached hydrogen (secondary N) is 3. The molecule has 31 heavy (non-hydrogen) atoms. The molecule has 0 bridgehead atoms. The summed E-state index contributed by atoms with van der Waals surface area (Å²) in [6, 6.07) is 7.87. The van der Waals surface area contributed by atoms with Crippen LogP contribution in [0.4, 0.5) is 17.2 Å². The maximum atomic E-state index is 13.0. The third kappa shape index (κ3) is 5.14. The van der Waals surface area contributed by atoms with Crippen molar-refractivity contribution >= 4 is 34.2 Å². The first-order valence-electron chi connectivity index (χ1n) is 10.7. The molecule has 0 aliphatic heterocycles. The molecule has 164 valence electrons. The number of rotatable bonds is 7. The lowest BCUT2D eigenvalue weighted by Crippen LogP contribution is -2.39. The third-order valence-electron chi connectivity index (χ3n) is 5.54. The Labute approximate surface area is 181 Å². The number of ether oxygens (including phenoxy) is 1. The average Bonchev–Trinajstić information content (AvgIpc) is 3.22. The Hall–Kier alpha value is -3.13. The van der Waals surface area contributed by atoms with Crippen molar-refractivity contribution < 1.29 is 13.9 Å². The van der Waals surface area contributed by atoms with Gasteiger partial charge in [0.2, 0.25) is 0 Å². The first-order valence-corrected chi connectivity index (χ1v) is 10.7. The molecule has 1 saturated carbocycles. The van der Waals surface area contributed by atoms with Crippen LogP contribution in [0.3, 0.4) is 0 Å². The number of pyridine rings is 1. The van der Waals surface area contributed by atoms with Gasteiger partial charge in [0, 0.05) is 43.2 Å². The molecule has 1 amide bonds. The van der Waals surface area contributed by atoms with Gasteiger partial charge in [0.1, 0.15) is 11.3 Å². The molecule has 3 N–H and O–H groups in total. The van der Waals surface area contributed by atoms with E-state index in [1.54, 1.807) is 13.3 Å². The van der Waals surface area contributed by atoms with E-state index < -0.39 is 0 Å². The quantitative estimate of drug-likeness (QED) is 0.515. The van der Waals surface area contributed by atoms with Crippen LogP contribution in [-0.2, 0) is 4.74 Å². The normalized spacial score (nSPS) is 18.8. The molecule has 0 saturated heterocycles. The van der Waals surface area contributed by atoms with Crippen molar-refractivity contribution in [3.63, 3.8) is 0 Å². The number of hydrogen-bond acceptors (Lipinski definition) is 7. The van der Waals surface area contributed by atoms with E-state index in [-0.39, 0.29) is 18.0 Å². The zero-order valence-corrected chi connectivity index (χ0v) is 18.1. The van der Waals surface area contributed by atoms with Gasteiger partial charge in [-0.3, -0.25) is 4.79 Å². The Morgan fingerprint density at radius 2 is 1.97 bits per heavy atom. The second-order valence-electron chi connectivity index (χ2n) is 8.26. The molecular formula is C23H29N5O3. The summed E-state index contributed by atoms with van der Waals surface area (Å²) in [5.41, 5.74) is 3.62. The predicted octanol–water partition coefficient (Wildman–Crippen LogP) is 4.47. The van der Waals surface area contributed by atoms with Crippen LogP contribution in [0.25, 0.3) is 11.1 Å². The molecule has 2 heterocycles. The number of hydrogen-bond donors (Lipinski definition) is 3. The zero-order valence-electron chi connectivity index (χ0n) is 18.1. The van der Waals surface area contributed by atoms with Gasteiger partial charge in [0.05, 0.1) is 17.4 Å². The number of amides is 1. The summed E-state index contributed by atoms with van der Waals surface area (Å²) in [6.45, 7) is 4.08. The molecule has 8 nitrogen and oxygen atoms in total. The monoisotopic (exact) mass is 423 g/mol. The fourth-order valence-corrected chi connectivity index (χ4v) is 3.92. The maximum absolute atomic E-state index is 13.0. The van der Waals surface area contributed by atoms with Gasteiger partial charge in [-0.1, -0.05) is 0 Å². The van der Waals surface area contributed by atoms with Crippen LogP contribution in [0.15, 0.2) is 41.3 Å². The summed E-state index contributed by atoms with van der Waals surface area (Å²) < 4.78 is 10.8. The van der Waals surface area contributed by atoms with Gasteiger partial charge >= 0.3 is 0 Å². The summed E-state index contributed by atoms with van der Waals surface area (Å²) in [6.07, 6.45) is 7.13. The van der Waals surface area contributed by atoms with Crippen LogP contribution < -0.4 is 16.0 Å². The first-order chi connectivity index (χ1) is 15.0. The highest BCUT2D eigenvalue weighted by atomic mass is 16.5. The topological polar surface area (TPSA) is 101 Å². The maximum Gasteiger partial charge on any atom is 0.255 e. The van der Waals surface area contributed by atoms with E-state index in [0.29, 0.717) is 23.1 Å². The lowest BCUT2D eigenvalue weighted by Gasteiger charge is -2.28. The second kappa shape index (κ2) is 9.34. The van der Waals surface area contributed by atoms with Gasteiger partial charge in [-0.25, -0.2) is 9.97 Å². The van der Waals surface area contributed by atoms with E-state index in [9.17, 15) is 4.79 Å². The summed E-state index contributed by atoms with van der Waals surface area (Å²) >= 11 is 0. The van der Waals surface area contributed by atoms with Gasteiger partial charge in [-0.05, 0) is 51.7 Å². The number of benzene rings is 1. The van der Waals surface area contributed by atoms with Gasteiger partial charge in [-0.2, -0.15) is 0 Å². The number of anilines is 3. The van der Waals surface area contributed by atoms with Crippen molar-refractivity contribution in [2.45, 2.75) is 57.7 Å². The van der Waals surface area contributed by atoms with E-state index in [2.05, 4.69) is 25.9 Å². The van der Waals surface area contributed by atoms with Crippen LogP contribution in [0.2, 0.25) is 0 Å². The van der Waals surface area contributed by atoms with E-state index >= 15 is 0 Å². The van der Waals surface area contributed by atoms with E-state index in [0.717, 1.165) is 42.6 Å². The standard InChI is InChI=1S/C23H29N5O3/c1-14(2)26-20-11-22(27-16-6-9-19-21(10-16)31-13-25-19)24-12-18(20)23(29)28-15-4-7-17(30-3)8-5-15/h6,9-15,17H,4-5,7-8H2,1-3H3,(H,28,29)(H2,24,26,27). The summed E-state index contributed by atoms with van der Waals surface area (Å²) in [7, 11) is 1.75. The van der Waals surface area contributed by atoms with Crippen molar-refractivity contribution in [1.82, 2.24) is 15.3 Å². The molecule has 4 rings (SSSR count). The predicted molar refractivity (Wildman–Crippen MR) is 121 cm³/mol. The number of carbonyl (C=O) groups is 1.